The third-order valence-electron chi connectivity index (χ3n) is 3.28. The molecule has 0 bridgehead atoms. The summed E-state index contributed by atoms with van der Waals surface area (Å²) in [6.45, 7) is 4.59. The van der Waals surface area contributed by atoms with Crippen molar-refractivity contribution in [2.75, 3.05) is 20.3 Å². The third kappa shape index (κ3) is 7.17. The molecule has 0 aliphatic carbocycles. The van der Waals surface area contributed by atoms with Gasteiger partial charge in [0.25, 0.3) is 0 Å². The van der Waals surface area contributed by atoms with Crippen LogP contribution in [0.1, 0.15) is 38.7 Å². The summed E-state index contributed by atoms with van der Waals surface area (Å²) < 4.78 is 15.5. The number of hydrogen-bond donors (Lipinski definition) is 0. The number of methoxy groups -OCH3 is 1. The molecule has 0 N–H and O–H groups in total. The lowest BCUT2D eigenvalue weighted by molar-refractivity contribution is -0.155. The van der Waals surface area contributed by atoms with E-state index in [2.05, 4.69) is 0 Å². The molecule has 128 valence electrons. The lowest BCUT2D eigenvalue weighted by atomic mass is 9.96. The van der Waals surface area contributed by atoms with Crippen LogP contribution in [0.15, 0.2) is 24.3 Å². The maximum Gasteiger partial charge on any atom is 0.309 e. The van der Waals surface area contributed by atoms with Crippen molar-refractivity contribution in [1.29, 1.82) is 0 Å². The van der Waals surface area contributed by atoms with Gasteiger partial charge in [-0.3, -0.25) is 9.59 Å². The van der Waals surface area contributed by atoms with Gasteiger partial charge in [-0.2, -0.15) is 0 Å². The molecule has 0 aliphatic rings. The number of ether oxygens (including phenoxy) is 3. The van der Waals surface area contributed by atoms with Crippen molar-refractivity contribution in [3.05, 3.63) is 29.8 Å². The Balaban J connectivity index is 2.76. The predicted octanol–water partition coefficient (Wildman–Crippen LogP) is 3.15. The molecule has 0 aliphatic heterocycles. The number of esters is 2. The highest BCUT2D eigenvalue weighted by Crippen LogP contribution is 2.19. The lowest BCUT2D eigenvalue weighted by Gasteiger charge is -2.16. The van der Waals surface area contributed by atoms with Crippen molar-refractivity contribution in [2.45, 2.75) is 39.5 Å². The maximum atomic E-state index is 12.2. The fourth-order valence-electron chi connectivity index (χ4n) is 2.12. The summed E-state index contributed by atoms with van der Waals surface area (Å²) in [5.41, 5.74) is 0.922. The summed E-state index contributed by atoms with van der Waals surface area (Å²) in [7, 11) is 1.59. The number of hydrogen-bond acceptors (Lipinski definition) is 5. The molecule has 0 amide bonds. The Bertz CT molecular complexity index is 498. The highest BCUT2D eigenvalue weighted by Gasteiger charge is 2.24. The van der Waals surface area contributed by atoms with Crippen LogP contribution in [0.25, 0.3) is 0 Å². The van der Waals surface area contributed by atoms with Gasteiger partial charge in [0.1, 0.15) is 5.75 Å². The largest absolute Gasteiger partial charge is 0.497 e. The molecule has 0 saturated heterocycles. The van der Waals surface area contributed by atoms with Crippen molar-refractivity contribution >= 4 is 11.9 Å². The van der Waals surface area contributed by atoms with Gasteiger partial charge in [-0.25, -0.2) is 0 Å². The zero-order chi connectivity index (χ0) is 17.1. The van der Waals surface area contributed by atoms with E-state index in [-0.39, 0.29) is 18.4 Å². The minimum Gasteiger partial charge on any atom is -0.497 e. The smallest absolute Gasteiger partial charge is 0.309 e. The first-order valence-corrected chi connectivity index (χ1v) is 8.05. The lowest BCUT2D eigenvalue weighted by Crippen LogP contribution is -2.24. The second-order valence-electron chi connectivity index (χ2n) is 5.34. The van der Waals surface area contributed by atoms with Crippen LogP contribution in [0.3, 0.4) is 0 Å². The Labute approximate surface area is 137 Å². The predicted molar refractivity (Wildman–Crippen MR) is 87.3 cm³/mol. The van der Waals surface area contributed by atoms with E-state index in [0.717, 1.165) is 24.2 Å². The summed E-state index contributed by atoms with van der Waals surface area (Å²) >= 11 is 0. The van der Waals surface area contributed by atoms with E-state index in [9.17, 15) is 9.59 Å². The van der Waals surface area contributed by atoms with Crippen LogP contribution >= 0.6 is 0 Å². The van der Waals surface area contributed by atoms with E-state index in [0.29, 0.717) is 19.6 Å². The number of carbonyl (C=O) groups is 2. The third-order valence-corrected chi connectivity index (χ3v) is 3.28. The topological polar surface area (TPSA) is 61.8 Å². The van der Waals surface area contributed by atoms with Gasteiger partial charge in [0.15, 0.2) is 0 Å². The fourth-order valence-corrected chi connectivity index (χ4v) is 2.12. The van der Waals surface area contributed by atoms with E-state index >= 15 is 0 Å². The molecule has 23 heavy (non-hydrogen) atoms. The van der Waals surface area contributed by atoms with Crippen LogP contribution in [0.5, 0.6) is 5.75 Å². The highest BCUT2D eigenvalue weighted by molar-refractivity contribution is 5.80. The summed E-state index contributed by atoms with van der Waals surface area (Å²) in [5.74, 6) is -0.550. The van der Waals surface area contributed by atoms with E-state index in [1.807, 2.05) is 38.1 Å². The van der Waals surface area contributed by atoms with Gasteiger partial charge in [-0.15, -0.1) is 0 Å². The first-order valence-electron chi connectivity index (χ1n) is 8.05. The minimum absolute atomic E-state index is 0.0275. The second-order valence-corrected chi connectivity index (χ2v) is 5.34. The first-order chi connectivity index (χ1) is 11.1. The Morgan fingerprint density at radius 1 is 1.09 bits per heavy atom. The van der Waals surface area contributed by atoms with Gasteiger partial charge >= 0.3 is 11.9 Å². The zero-order valence-corrected chi connectivity index (χ0v) is 14.2. The van der Waals surface area contributed by atoms with Crippen molar-refractivity contribution in [1.82, 2.24) is 0 Å². The molecule has 0 aromatic heterocycles. The van der Waals surface area contributed by atoms with Crippen LogP contribution in [-0.4, -0.2) is 32.3 Å². The second kappa shape index (κ2) is 10.6. The Hall–Kier alpha value is -2.04. The molecule has 0 spiro atoms. The average molecular weight is 322 g/mol. The molecule has 0 fully saturated rings. The number of rotatable bonds is 10. The molecule has 0 radical (unpaired) electrons. The first kappa shape index (κ1) is 19.0. The molecule has 5 nitrogen and oxygen atoms in total. The van der Waals surface area contributed by atoms with Gasteiger partial charge in [0, 0.05) is 0 Å². The molecule has 1 atom stereocenters. The molecule has 5 heteroatoms. The normalized spacial score (nSPS) is 11.6. The standard InChI is InChI=1S/C18H26O5/c1-4-9-22-17(19)13-15(18(20)23-10-5-2)11-14-7-6-8-16(12-14)21-3/h6-8,12,15H,4-5,9-11,13H2,1-3H3. The molecule has 0 heterocycles. The SMILES string of the molecule is CCCOC(=O)CC(Cc1cccc(OC)c1)C(=O)OCCC. The molecule has 1 aromatic carbocycles. The number of benzene rings is 1. The Kier molecular flexibility index (Phi) is 8.80. The molecular weight excluding hydrogens is 296 g/mol. The fraction of sp³-hybridized carbons (Fsp3) is 0.556. The monoisotopic (exact) mass is 322 g/mol. The van der Waals surface area contributed by atoms with Gasteiger partial charge in [0.2, 0.25) is 0 Å². The van der Waals surface area contributed by atoms with Gasteiger partial charge in [0.05, 0.1) is 32.7 Å². The maximum absolute atomic E-state index is 12.2. The van der Waals surface area contributed by atoms with Crippen molar-refractivity contribution in [2.24, 2.45) is 5.92 Å². The van der Waals surface area contributed by atoms with E-state index in [1.165, 1.54) is 0 Å². The highest BCUT2D eigenvalue weighted by atomic mass is 16.5. The van der Waals surface area contributed by atoms with Crippen LogP contribution in [0, 0.1) is 5.92 Å². The molecule has 1 rings (SSSR count). The molecule has 1 aromatic rings. The van der Waals surface area contributed by atoms with Crippen LogP contribution in [0.2, 0.25) is 0 Å². The zero-order valence-electron chi connectivity index (χ0n) is 14.2. The van der Waals surface area contributed by atoms with Crippen LogP contribution in [-0.2, 0) is 25.5 Å². The minimum atomic E-state index is -0.544. The van der Waals surface area contributed by atoms with Crippen molar-refractivity contribution < 1.29 is 23.8 Å². The molecular formula is C18H26O5. The molecule has 0 saturated carbocycles. The molecule has 1 unspecified atom stereocenters. The summed E-state index contributed by atoms with van der Waals surface area (Å²) in [4.78, 5) is 24.1. The van der Waals surface area contributed by atoms with E-state index in [4.69, 9.17) is 14.2 Å². The van der Waals surface area contributed by atoms with Crippen LogP contribution < -0.4 is 4.74 Å². The van der Waals surface area contributed by atoms with Crippen LogP contribution in [0.4, 0.5) is 0 Å². The van der Waals surface area contributed by atoms with E-state index in [1.54, 1.807) is 7.11 Å². The van der Waals surface area contributed by atoms with Gasteiger partial charge < -0.3 is 14.2 Å². The quantitative estimate of drug-likeness (QED) is 0.619. The summed E-state index contributed by atoms with van der Waals surface area (Å²) in [6, 6.07) is 7.46. The summed E-state index contributed by atoms with van der Waals surface area (Å²) in [5, 5.41) is 0. The number of carbonyl (C=O) groups excluding carboxylic acids is 2. The van der Waals surface area contributed by atoms with Crippen molar-refractivity contribution in [3.63, 3.8) is 0 Å². The van der Waals surface area contributed by atoms with E-state index < -0.39 is 5.92 Å². The average Bonchev–Trinajstić information content (AvgIpc) is 2.57. The van der Waals surface area contributed by atoms with Gasteiger partial charge in [-0.05, 0) is 37.0 Å². The Morgan fingerprint density at radius 3 is 2.43 bits per heavy atom. The van der Waals surface area contributed by atoms with Gasteiger partial charge in [-0.1, -0.05) is 26.0 Å². The summed E-state index contributed by atoms with van der Waals surface area (Å²) in [6.07, 6.45) is 1.95. The Morgan fingerprint density at radius 2 is 1.78 bits per heavy atom. The van der Waals surface area contributed by atoms with Crippen molar-refractivity contribution in [3.8, 4) is 5.75 Å².